The quantitative estimate of drug-likeness (QED) is 0.270. The molecule has 7 nitrogen and oxygen atoms in total. The highest BCUT2D eigenvalue weighted by molar-refractivity contribution is 7.94. The van der Waals surface area contributed by atoms with Crippen LogP contribution in [0.25, 0.3) is 0 Å². The molecule has 0 aliphatic heterocycles. The third-order valence-corrected chi connectivity index (χ3v) is 3.75. The van der Waals surface area contributed by atoms with Crippen LogP contribution >= 0.6 is 35.2 Å². The number of rotatable bonds is 5. The van der Waals surface area contributed by atoms with Crippen LogP contribution in [0.1, 0.15) is 11.1 Å². The van der Waals surface area contributed by atoms with Crippen molar-refractivity contribution in [1.29, 1.82) is 5.26 Å². The Morgan fingerprint density at radius 3 is 2.77 bits per heavy atom. The van der Waals surface area contributed by atoms with E-state index >= 15 is 0 Å². The first-order valence-electron chi connectivity index (χ1n) is 5.70. The van der Waals surface area contributed by atoms with Crippen molar-refractivity contribution >= 4 is 46.7 Å². The second kappa shape index (κ2) is 7.60. The molecule has 0 atom stereocenters. The Balaban J connectivity index is 2.28. The predicted molar refractivity (Wildman–Crippen MR) is 81.9 cm³/mol. The third-order valence-electron chi connectivity index (χ3n) is 2.54. The third kappa shape index (κ3) is 3.98. The van der Waals surface area contributed by atoms with Crippen LogP contribution in [0.15, 0.2) is 23.1 Å². The summed E-state index contributed by atoms with van der Waals surface area (Å²) in [4.78, 5) is 8.40. The number of anilines is 2. The van der Waals surface area contributed by atoms with E-state index in [1.54, 1.807) is 18.2 Å². The van der Waals surface area contributed by atoms with Gasteiger partial charge in [0.1, 0.15) is 11.6 Å². The van der Waals surface area contributed by atoms with Crippen molar-refractivity contribution < 1.29 is 14.6 Å². The lowest BCUT2D eigenvalue weighted by atomic mass is 10.2. The molecule has 0 aliphatic rings. The van der Waals surface area contributed by atoms with E-state index in [9.17, 15) is 0 Å². The Bertz CT molecular complexity index is 739. The maximum atomic E-state index is 9.11. The molecule has 2 N–H and O–H groups in total. The van der Waals surface area contributed by atoms with E-state index in [1.165, 1.54) is 0 Å². The van der Waals surface area contributed by atoms with Crippen LogP contribution in [0, 0.1) is 18.3 Å². The summed E-state index contributed by atoms with van der Waals surface area (Å²) in [6.07, 6.45) is 0. The van der Waals surface area contributed by atoms with E-state index in [0.717, 1.165) is 22.5 Å². The van der Waals surface area contributed by atoms with E-state index in [-0.39, 0.29) is 21.8 Å². The van der Waals surface area contributed by atoms with Gasteiger partial charge in [-0.05, 0) is 42.3 Å². The molecule has 114 valence electrons. The van der Waals surface area contributed by atoms with Crippen molar-refractivity contribution in [3.8, 4) is 6.07 Å². The first kappa shape index (κ1) is 16.8. The van der Waals surface area contributed by atoms with E-state index in [0.29, 0.717) is 5.69 Å². The maximum Gasteiger partial charge on any atom is 0.225 e. The molecule has 0 spiro atoms. The van der Waals surface area contributed by atoms with Crippen LogP contribution < -0.4 is 5.32 Å². The van der Waals surface area contributed by atoms with Gasteiger partial charge in [-0.1, -0.05) is 16.6 Å². The minimum absolute atomic E-state index is 0.0256. The smallest absolute Gasteiger partial charge is 0.225 e. The summed E-state index contributed by atoms with van der Waals surface area (Å²) in [5, 5.41) is 23.7. The number of hydrogen-bond donors (Lipinski definition) is 2. The molecule has 0 radical (unpaired) electrons. The zero-order valence-corrected chi connectivity index (χ0v) is 13.3. The van der Waals surface area contributed by atoms with Crippen molar-refractivity contribution in [2.45, 2.75) is 11.8 Å². The number of hydrogen-bond acceptors (Lipinski definition) is 8. The number of nitriles is 1. The average Bonchev–Trinajstić information content (AvgIpc) is 2.46. The Hall–Kier alpha value is -1.60. The van der Waals surface area contributed by atoms with Gasteiger partial charge in [0.15, 0.2) is 11.0 Å². The topological polar surface area (TPSA) is 100 Å². The number of nitrogens with one attached hydrogen (secondary N) is 1. The van der Waals surface area contributed by atoms with E-state index in [1.807, 2.05) is 13.0 Å². The molecule has 0 fully saturated rings. The monoisotopic (exact) mass is 358 g/mol. The molecule has 22 heavy (non-hydrogen) atoms. The number of halogens is 2. The molecule has 0 amide bonds. The fourth-order valence-electron chi connectivity index (χ4n) is 1.61. The van der Waals surface area contributed by atoms with Gasteiger partial charge in [-0.25, -0.2) is 10.2 Å². The Morgan fingerprint density at radius 2 is 2.14 bits per heavy atom. The molecule has 2 rings (SSSR count). The first-order valence-corrected chi connectivity index (χ1v) is 7.20. The van der Waals surface area contributed by atoms with E-state index in [4.69, 9.17) is 33.7 Å². The molecule has 10 heteroatoms. The molecule has 2 aromatic rings. The van der Waals surface area contributed by atoms with Crippen molar-refractivity contribution in [2.75, 3.05) is 5.32 Å². The van der Waals surface area contributed by atoms with Crippen molar-refractivity contribution in [1.82, 2.24) is 9.97 Å². The largest absolute Gasteiger partial charge is 0.339 e. The van der Waals surface area contributed by atoms with Gasteiger partial charge in [-0.3, -0.25) is 0 Å². The molecule has 0 saturated carbocycles. The highest BCUT2D eigenvalue weighted by atomic mass is 35.5. The van der Waals surface area contributed by atoms with Crippen LogP contribution in [0.5, 0.6) is 0 Å². The second-order valence-corrected chi connectivity index (χ2v) is 5.39. The maximum absolute atomic E-state index is 9.11. The van der Waals surface area contributed by atoms with Gasteiger partial charge in [0.05, 0.1) is 12.0 Å². The van der Waals surface area contributed by atoms with Gasteiger partial charge in [-0.15, -0.1) is 4.33 Å². The first-order chi connectivity index (χ1) is 10.5. The summed E-state index contributed by atoms with van der Waals surface area (Å²) in [6, 6.07) is 7.16. The zero-order chi connectivity index (χ0) is 16.1. The van der Waals surface area contributed by atoms with Crippen LogP contribution in [0.4, 0.5) is 11.5 Å². The molecule has 0 bridgehead atoms. The lowest BCUT2D eigenvalue weighted by Gasteiger charge is -2.10. The molecular formula is C12H8Cl2N4O3S. The zero-order valence-electron chi connectivity index (χ0n) is 11.0. The van der Waals surface area contributed by atoms with Crippen molar-refractivity contribution in [3.05, 3.63) is 39.8 Å². The van der Waals surface area contributed by atoms with Crippen molar-refractivity contribution in [3.63, 3.8) is 0 Å². The Kier molecular flexibility index (Phi) is 5.79. The normalized spacial score (nSPS) is 10.3. The highest BCUT2D eigenvalue weighted by Crippen LogP contribution is 2.29. The minimum Gasteiger partial charge on any atom is -0.339 e. The average molecular weight is 359 g/mol. The Morgan fingerprint density at radius 1 is 1.36 bits per heavy atom. The van der Waals surface area contributed by atoms with Gasteiger partial charge in [0, 0.05) is 10.6 Å². The Labute approximate surface area is 139 Å². The molecular weight excluding hydrogens is 351 g/mol. The molecule has 1 heterocycles. The van der Waals surface area contributed by atoms with Crippen LogP contribution in [-0.2, 0) is 9.37 Å². The van der Waals surface area contributed by atoms with E-state index in [2.05, 4.69) is 24.7 Å². The number of aryl methyl sites for hydroxylation is 1. The van der Waals surface area contributed by atoms with Crippen molar-refractivity contribution in [2.24, 2.45) is 0 Å². The van der Waals surface area contributed by atoms with Crippen LogP contribution in [0.3, 0.4) is 0 Å². The van der Waals surface area contributed by atoms with E-state index < -0.39 is 0 Å². The highest BCUT2D eigenvalue weighted by Gasteiger charge is 2.13. The van der Waals surface area contributed by atoms with Gasteiger partial charge in [0.25, 0.3) is 0 Å². The molecule has 1 aromatic carbocycles. The summed E-state index contributed by atoms with van der Waals surface area (Å²) in [5.41, 5.74) is 1.60. The summed E-state index contributed by atoms with van der Waals surface area (Å²) in [6.45, 7) is 1.83. The van der Waals surface area contributed by atoms with Gasteiger partial charge in [0.2, 0.25) is 5.28 Å². The number of aromatic nitrogens is 2. The van der Waals surface area contributed by atoms with Crippen LogP contribution in [0.2, 0.25) is 10.4 Å². The molecule has 1 aromatic heterocycles. The SMILES string of the molecule is Cc1cc(Nc2nc(Cl)nc(Cl)c2C#N)ccc1SOOO. The summed E-state index contributed by atoms with van der Waals surface area (Å²) in [5.74, 6) is 0.210. The van der Waals surface area contributed by atoms with Crippen LogP contribution in [-0.4, -0.2) is 15.2 Å². The predicted octanol–water partition coefficient (Wildman–Crippen LogP) is 4.14. The lowest BCUT2D eigenvalue weighted by Crippen LogP contribution is -2.00. The second-order valence-electron chi connectivity index (χ2n) is 3.95. The summed E-state index contributed by atoms with van der Waals surface area (Å²) >= 11 is 12.5. The standard InChI is InChI=1S/C12H8Cl2N4O3S/c1-6-4-7(2-3-9(6)22-21-20-19)16-11-8(5-15)10(13)17-12(14)18-11/h2-4,19H,1H3,(H,16,17,18). The minimum atomic E-state index is -0.0658. The van der Waals surface area contributed by atoms with Gasteiger partial charge < -0.3 is 5.32 Å². The molecule has 0 aliphatic carbocycles. The van der Waals surface area contributed by atoms with Gasteiger partial charge in [-0.2, -0.15) is 10.2 Å². The summed E-state index contributed by atoms with van der Waals surface area (Å²) < 4.78 is 4.38. The number of benzene rings is 1. The lowest BCUT2D eigenvalue weighted by molar-refractivity contribution is -0.432. The van der Waals surface area contributed by atoms with Gasteiger partial charge >= 0.3 is 0 Å². The fourth-order valence-corrected chi connectivity index (χ4v) is 2.45. The summed E-state index contributed by atoms with van der Waals surface area (Å²) in [7, 11) is 0. The molecule has 0 saturated heterocycles. The number of nitrogens with zero attached hydrogens (tertiary/aromatic N) is 3. The molecule has 0 unspecified atom stereocenters. The fraction of sp³-hybridized carbons (Fsp3) is 0.0833.